The molecule has 0 aliphatic carbocycles. The smallest absolute Gasteiger partial charge is 0.0777 e. The summed E-state index contributed by atoms with van der Waals surface area (Å²) in [6, 6.07) is 4.21. The van der Waals surface area contributed by atoms with Crippen molar-refractivity contribution < 1.29 is 0 Å². The Bertz CT molecular complexity index is 550. The molecule has 0 saturated carbocycles. The van der Waals surface area contributed by atoms with Crippen molar-refractivity contribution >= 4 is 15.9 Å². The molecule has 19 heavy (non-hydrogen) atoms. The number of nitrogens with one attached hydrogen (secondary N) is 1. The number of rotatable bonds is 5. The normalized spacial score (nSPS) is 12.6. The molecule has 2 rings (SSSR count). The molecule has 0 fully saturated rings. The van der Waals surface area contributed by atoms with E-state index in [-0.39, 0.29) is 6.04 Å². The summed E-state index contributed by atoms with van der Waals surface area (Å²) in [5.74, 6) is 0. The highest BCUT2D eigenvalue weighted by Gasteiger charge is 2.22. The summed E-state index contributed by atoms with van der Waals surface area (Å²) in [4.78, 5) is 4.39. The highest BCUT2D eigenvalue weighted by Crippen LogP contribution is 2.29. The fraction of sp³-hybridized carbons (Fsp3) is 0.429. The molecule has 2 aromatic heterocycles. The highest BCUT2D eigenvalue weighted by molar-refractivity contribution is 9.10. The molecule has 4 nitrogen and oxygen atoms in total. The minimum absolute atomic E-state index is 0.107. The summed E-state index contributed by atoms with van der Waals surface area (Å²) in [7, 11) is 0. The van der Waals surface area contributed by atoms with Gasteiger partial charge in [-0.25, -0.2) is 0 Å². The van der Waals surface area contributed by atoms with Crippen molar-refractivity contribution in [3.8, 4) is 0 Å². The molecule has 0 saturated heterocycles. The zero-order valence-corrected chi connectivity index (χ0v) is 13.1. The Morgan fingerprint density at radius 1 is 1.42 bits per heavy atom. The topological polar surface area (TPSA) is 42.7 Å². The fourth-order valence-electron chi connectivity index (χ4n) is 2.27. The molecule has 0 bridgehead atoms. The third-order valence-electron chi connectivity index (χ3n) is 3.17. The van der Waals surface area contributed by atoms with Crippen LogP contribution in [0.4, 0.5) is 0 Å². The van der Waals surface area contributed by atoms with E-state index in [1.807, 2.05) is 30.1 Å². The van der Waals surface area contributed by atoms with Gasteiger partial charge in [-0.15, -0.1) is 0 Å². The molecule has 2 heterocycles. The van der Waals surface area contributed by atoms with Crippen molar-refractivity contribution in [3.05, 3.63) is 46.0 Å². The lowest BCUT2D eigenvalue weighted by Gasteiger charge is -2.21. The van der Waals surface area contributed by atoms with E-state index in [1.165, 1.54) is 5.56 Å². The standard InChI is InChI=1S/C14H19BrN4/c1-4-16-13(11-7-6-8-17-10(11)3)14-12(15)9-18-19(14)5-2/h6-9,13,16H,4-5H2,1-3H3. The zero-order chi connectivity index (χ0) is 13.8. The molecule has 0 spiro atoms. The van der Waals surface area contributed by atoms with Gasteiger partial charge < -0.3 is 5.32 Å². The lowest BCUT2D eigenvalue weighted by Crippen LogP contribution is -2.26. The summed E-state index contributed by atoms with van der Waals surface area (Å²) in [5, 5.41) is 7.93. The van der Waals surface area contributed by atoms with Crippen LogP contribution in [0.5, 0.6) is 0 Å². The van der Waals surface area contributed by atoms with E-state index in [1.54, 1.807) is 0 Å². The number of aryl methyl sites for hydroxylation is 2. The summed E-state index contributed by atoms with van der Waals surface area (Å²) < 4.78 is 3.05. The molecule has 0 aliphatic heterocycles. The maximum Gasteiger partial charge on any atom is 0.0777 e. The molecule has 102 valence electrons. The first-order valence-corrected chi connectivity index (χ1v) is 7.34. The van der Waals surface area contributed by atoms with Crippen LogP contribution in [-0.2, 0) is 6.54 Å². The van der Waals surface area contributed by atoms with Gasteiger partial charge in [-0.05, 0) is 48.0 Å². The van der Waals surface area contributed by atoms with E-state index >= 15 is 0 Å². The molecule has 1 unspecified atom stereocenters. The lowest BCUT2D eigenvalue weighted by atomic mass is 10.0. The van der Waals surface area contributed by atoms with Crippen molar-refractivity contribution in [1.29, 1.82) is 0 Å². The first-order valence-electron chi connectivity index (χ1n) is 6.55. The molecule has 0 aliphatic rings. The Hall–Kier alpha value is -1.20. The second-order valence-corrected chi connectivity index (χ2v) is 5.22. The maximum atomic E-state index is 4.40. The fourth-order valence-corrected chi connectivity index (χ4v) is 2.80. The predicted molar refractivity (Wildman–Crippen MR) is 80.1 cm³/mol. The predicted octanol–water partition coefficient (Wildman–Crippen LogP) is 3.07. The van der Waals surface area contributed by atoms with Gasteiger partial charge in [-0.2, -0.15) is 5.10 Å². The molecule has 0 amide bonds. The first kappa shape index (κ1) is 14.2. The van der Waals surface area contributed by atoms with E-state index in [4.69, 9.17) is 0 Å². The van der Waals surface area contributed by atoms with Crippen LogP contribution >= 0.6 is 15.9 Å². The third kappa shape index (κ3) is 2.87. The SMILES string of the molecule is CCNC(c1cccnc1C)c1c(Br)cnn1CC. The second-order valence-electron chi connectivity index (χ2n) is 4.36. The number of halogens is 1. The molecule has 5 heteroatoms. The molecule has 0 aromatic carbocycles. The van der Waals surface area contributed by atoms with Crippen molar-refractivity contribution in [1.82, 2.24) is 20.1 Å². The monoisotopic (exact) mass is 322 g/mol. The van der Waals surface area contributed by atoms with E-state index < -0.39 is 0 Å². The quantitative estimate of drug-likeness (QED) is 0.919. The van der Waals surface area contributed by atoms with Crippen molar-refractivity contribution in [2.24, 2.45) is 0 Å². The van der Waals surface area contributed by atoms with Crippen LogP contribution < -0.4 is 5.32 Å². The van der Waals surface area contributed by atoms with Crippen LogP contribution in [0.2, 0.25) is 0 Å². The summed E-state index contributed by atoms with van der Waals surface area (Å²) in [6.45, 7) is 7.99. The molecule has 0 radical (unpaired) electrons. The third-order valence-corrected chi connectivity index (χ3v) is 3.78. The van der Waals surface area contributed by atoms with Gasteiger partial charge in [-0.3, -0.25) is 9.67 Å². The Morgan fingerprint density at radius 3 is 2.84 bits per heavy atom. The average molecular weight is 323 g/mol. The molecule has 1 N–H and O–H groups in total. The van der Waals surface area contributed by atoms with Crippen molar-refractivity contribution in [2.45, 2.75) is 33.4 Å². The van der Waals surface area contributed by atoms with E-state index in [2.05, 4.69) is 51.2 Å². The van der Waals surface area contributed by atoms with E-state index in [0.29, 0.717) is 0 Å². The van der Waals surface area contributed by atoms with Gasteiger partial charge in [0.05, 0.1) is 22.4 Å². The summed E-state index contributed by atoms with van der Waals surface area (Å²) >= 11 is 3.61. The van der Waals surface area contributed by atoms with Crippen LogP contribution in [0.25, 0.3) is 0 Å². The Morgan fingerprint density at radius 2 is 2.21 bits per heavy atom. The second kappa shape index (κ2) is 6.30. The molecule has 2 aromatic rings. The van der Waals surface area contributed by atoms with E-state index in [0.717, 1.165) is 29.0 Å². The molecular weight excluding hydrogens is 304 g/mol. The zero-order valence-electron chi connectivity index (χ0n) is 11.5. The largest absolute Gasteiger partial charge is 0.305 e. The number of aromatic nitrogens is 3. The number of pyridine rings is 1. The van der Waals surface area contributed by atoms with Crippen LogP contribution in [0.15, 0.2) is 29.0 Å². The number of hydrogen-bond donors (Lipinski definition) is 1. The van der Waals surface area contributed by atoms with Crippen LogP contribution in [0.3, 0.4) is 0 Å². The van der Waals surface area contributed by atoms with Crippen LogP contribution in [-0.4, -0.2) is 21.3 Å². The Balaban J connectivity index is 2.51. The average Bonchev–Trinajstić information content (AvgIpc) is 2.78. The van der Waals surface area contributed by atoms with E-state index in [9.17, 15) is 0 Å². The summed E-state index contributed by atoms with van der Waals surface area (Å²) in [6.07, 6.45) is 3.68. The maximum absolute atomic E-state index is 4.40. The Labute approximate surface area is 122 Å². The Kier molecular flexibility index (Phi) is 4.71. The van der Waals surface area contributed by atoms with Gasteiger partial charge in [-0.1, -0.05) is 13.0 Å². The highest BCUT2D eigenvalue weighted by atomic mass is 79.9. The van der Waals surface area contributed by atoms with Gasteiger partial charge in [0.15, 0.2) is 0 Å². The summed E-state index contributed by atoms with van der Waals surface area (Å²) in [5.41, 5.74) is 3.39. The number of nitrogens with zero attached hydrogens (tertiary/aromatic N) is 3. The van der Waals surface area contributed by atoms with Gasteiger partial charge in [0.25, 0.3) is 0 Å². The van der Waals surface area contributed by atoms with Gasteiger partial charge in [0, 0.05) is 18.4 Å². The minimum atomic E-state index is 0.107. The van der Waals surface area contributed by atoms with Gasteiger partial charge in [0.1, 0.15) is 0 Å². The lowest BCUT2D eigenvalue weighted by molar-refractivity contribution is 0.538. The molecular formula is C14H19BrN4. The minimum Gasteiger partial charge on any atom is -0.305 e. The first-order chi connectivity index (χ1) is 9.19. The molecule has 1 atom stereocenters. The van der Waals surface area contributed by atoms with Crippen LogP contribution in [0.1, 0.15) is 36.8 Å². The van der Waals surface area contributed by atoms with Crippen molar-refractivity contribution in [2.75, 3.05) is 6.54 Å². The van der Waals surface area contributed by atoms with Gasteiger partial charge >= 0.3 is 0 Å². The van der Waals surface area contributed by atoms with Gasteiger partial charge in [0.2, 0.25) is 0 Å². The number of hydrogen-bond acceptors (Lipinski definition) is 3. The van der Waals surface area contributed by atoms with Crippen molar-refractivity contribution in [3.63, 3.8) is 0 Å². The van der Waals surface area contributed by atoms with Crippen LogP contribution in [0, 0.1) is 6.92 Å².